The lowest BCUT2D eigenvalue weighted by Gasteiger charge is -2.14. The summed E-state index contributed by atoms with van der Waals surface area (Å²) in [7, 11) is -3.08. The van der Waals surface area contributed by atoms with Crippen LogP contribution in [0.15, 0.2) is 42.5 Å². The van der Waals surface area contributed by atoms with Gasteiger partial charge in [0, 0.05) is 11.7 Å². The lowest BCUT2D eigenvalue weighted by molar-refractivity contribution is -0.119. The highest BCUT2D eigenvalue weighted by Gasteiger charge is 2.28. The van der Waals surface area contributed by atoms with E-state index in [1.807, 2.05) is 0 Å². The molecule has 0 aliphatic carbocycles. The first-order valence-corrected chi connectivity index (χ1v) is 11.0. The van der Waals surface area contributed by atoms with Gasteiger partial charge in [0.15, 0.2) is 9.84 Å². The lowest BCUT2D eigenvalue weighted by atomic mass is 10.1. The van der Waals surface area contributed by atoms with Crippen LogP contribution in [-0.2, 0) is 14.6 Å². The monoisotopic (exact) mass is 439 g/mol. The molecule has 1 unspecified atom stereocenters. The van der Waals surface area contributed by atoms with Crippen molar-refractivity contribution in [2.75, 3.05) is 28.7 Å². The molecule has 1 fully saturated rings. The van der Waals surface area contributed by atoms with Crippen molar-refractivity contribution in [3.05, 3.63) is 58.9 Å². The van der Waals surface area contributed by atoms with Gasteiger partial charge in [-0.05, 0) is 36.8 Å². The zero-order valence-electron chi connectivity index (χ0n) is 15.2. The van der Waals surface area contributed by atoms with E-state index in [0.29, 0.717) is 12.1 Å². The Labute approximate surface area is 172 Å². The van der Waals surface area contributed by atoms with Crippen LogP contribution in [0.2, 0.25) is 5.02 Å². The fourth-order valence-corrected chi connectivity index (χ4v) is 4.87. The van der Waals surface area contributed by atoms with Gasteiger partial charge >= 0.3 is 0 Å². The molecular weight excluding hydrogens is 421 g/mol. The van der Waals surface area contributed by atoms with Gasteiger partial charge in [-0.1, -0.05) is 23.7 Å². The number of anilines is 2. The smallest absolute Gasteiger partial charge is 0.257 e. The van der Waals surface area contributed by atoms with E-state index in [1.54, 1.807) is 24.3 Å². The van der Waals surface area contributed by atoms with E-state index in [2.05, 4.69) is 16.0 Å². The molecule has 0 spiro atoms. The number of nitrogens with one attached hydrogen (secondary N) is 3. The van der Waals surface area contributed by atoms with Gasteiger partial charge in [-0.25, -0.2) is 12.8 Å². The second kappa shape index (κ2) is 8.79. The average Bonchev–Trinajstić information content (AvgIpc) is 3.00. The molecule has 0 radical (unpaired) electrons. The van der Waals surface area contributed by atoms with Crippen molar-refractivity contribution in [1.82, 2.24) is 5.32 Å². The highest BCUT2D eigenvalue weighted by molar-refractivity contribution is 7.91. The van der Waals surface area contributed by atoms with Gasteiger partial charge in [-0.2, -0.15) is 0 Å². The third kappa shape index (κ3) is 5.68. The number of halogens is 2. The summed E-state index contributed by atoms with van der Waals surface area (Å²) in [6.45, 7) is -0.127. The maximum Gasteiger partial charge on any atom is 0.257 e. The van der Waals surface area contributed by atoms with Crippen LogP contribution in [0.25, 0.3) is 0 Å². The van der Waals surface area contributed by atoms with Crippen LogP contribution in [0.3, 0.4) is 0 Å². The van der Waals surface area contributed by atoms with Gasteiger partial charge in [0.2, 0.25) is 5.91 Å². The molecule has 10 heteroatoms. The van der Waals surface area contributed by atoms with Crippen LogP contribution in [0.5, 0.6) is 0 Å². The topological polar surface area (TPSA) is 104 Å². The Bertz CT molecular complexity index is 1050. The molecule has 2 amide bonds. The maximum absolute atomic E-state index is 13.2. The maximum atomic E-state index is 13.2. The minimum atomic E-state index is -3.08. The number of carbonyl (C=O) groups is 2. The Hall–Kier alpha value is -2.65. The summed E-state index contributed by atoms with van der Waals surface area (Å²) in [4.78, 5) is 24.7. The summed E-state index contributed by atoms with van der Waals surface area (Å²) < 4.78 is 36.1. The summed E-state index contributed by atoms with van der Waals surface area (Å²) in [5.74, 6) is -1.36. The molecule has 2 aromatic rings. The highest BCUT2D eigenvalue weighted by atomic mass is 35.5. The average molecular weight is 440 g/mol. The molecule has 2 aromatic carbocycles. The van der Waals surface area contributed by atoms with Crippen LogP contribution in [0, 0.1) is 5.82 Å². The van der Waals surface area contributed by atoms with Gasteiger partial charge in [-0.3, -0.25) is 9.59 Å². The molecule has 1 heterocycles. The molecule has 3 rings (SSSR count). The second-order valence-corrected chi connectivity index (χ2v) is 9.28. The largest absolute Gasteiger partial charge is 0.376 e. The number of benzene rings is 2. The molecule has 0 bridgehead atoms. The predicted molar refractivity (Wildman–Crippen MR) is 109 cm³/mol. The zero-order chi connectivity index (χ0) is 21.0. The summed E-state index contributed by atoms with van der Waals surface area (Å²) in [5.41, 5.74) is 0.939. The van der Waals surface area contributed by atoms with E-state index in [1.165, 1.54) is 12.1 Å². The van der Waals surface area contributed by atoms with Gasteiger partial charge in [0.1, 0.15) is 5.82 Å². The minimum Gasteiger partial charge on any atom is -0.376 e. The first-order valence-electron chi connectivity index (χ1n) is 8.82. The van der Waals surface area contributed by atoms with Crippen LogP contribution < -0.4 is 16.0 Å². The van der Waals surface area contributed by atoms with Gasteiger partial charge < -0.3 is 16.0 Å². The molecule has 1 saturated heterocycles. The number of amides is 2. The summed E-state index contributed by atoms with van der Waals surface area (Å²) in [6, 6.07) is 9.79. The van der Waals surface area contributed by atoms with E-state index in [9.17, 15) is 22.4 Å². The fraction of sp³-hybridized carbons (Fsp3) is 0.263. The van der Waals surface area contributed by atoms with Crippen molar-refractivity contribution in [1.29, 1.82) is 0 Å². The molecule has 1 atom stereocenters. The third-order valence-electron chi connectivity index (χ3n) is 4.39. The van der Waals surface area contributed by atoms with Crippen molar-refractivity contribution in [3.8, 4) is 0 Å². The summed E-state index contributed by atoms with van der Waals surface area (Å²) in [5, 5.41) is 8.22. The van der Waals surface area contributed by atoms with E-state index in [0.717, 1.165) is 6.07 Å². The second-order valence-electron chi connectivity index (χ2n) is 6.64. The molecular formula is C19H19ClFN3O4S. The quantitative estimate of drug-likeness (QED) is 0.641. The molecule has 0 saturated carbocycles. The van der Waals surface area contributed by atoms with Crippen molar-refractivity contribution >= 4 is 44.6 Å². The zero-order valence-corrected chi connectivity index (χ0v) is 16.8. The number of rotatable bonds is 6. The van der Waals surface area contributed by atoms with E-state index in [4.69, 9.17) is 11.6 Å². The van der Waals surface area contributed by atoms with Crippen molar-refractivity contribution in [3.63, 3.8) is 0 Å². The number of sulfone groups is 1. The van der Waals surface area contributed by atoms with Crippen molar-refractivity contribution in [2.24, 2.45) is 0 Å². The Morgan fingerprint density at radius 1 is 1.14 bits per heavy atom. The van der Waals surface area contributed by atoms with Crippen molar-refractivity contribution < 1.29 is 22.4 Å². The van der Waals surface area contributed by atoms with Crippen LogP contribution >= 0.6 is 11.6 Å². The molecule has 1 aliphatic heterocycles. The Kier molecular flexibility index (Phi) is 6.39. The first kappa shape index (κ1) is 21.1. The van der Waals surface area contributed by atoms with Crippen molar-refractivity contribution in [2.45, 2.75) is 12.5 Å². The van der Waals surface area contributed by atoms with Gasteiger partial charge in [0.05, 0.1) is 34.3 Å². The molecule has 29 heavy (non-hydrogen) atoms. The summed E-state index contributed by atoms with van der Waals surface area (Å²) in [6.07, 6.45) is 0.394. The van der Waals surface area contributed by atoms with Gasteiger partial charge in [0.25, 0.3) is 5.91 Å². The third-order valence-corrected chi connectivity index (χ3v) is 6.47. The number of hydrogen-bond donors (Lipinski definition) is 3. The molecule has 7 nitrogen and oxygen atoms in total. The highest BCUT2D eigenvalue weighted by Crippen LogP contribution is 2.24. The van der Waals surface area contributed by atoms with E-state index < -0.39 is 27.6 Å². The number of para-hydroxylation sites is 1. The lowest BCUT2D eigenvalue weighted by Crippen LogP contribution is -2.39. The standard InChI is InChI=1S/C19H19ClFN3O4S/c20-15-9-12(21)5-6-17(15)24-19(26)14-3-1-2-4-16(14)22-10-18(25)23-13-7-8-29(27,28)11-13/h1-6,9,13,22H,7-8,10-11H2,(H,23,25)(H,24,26). The minimum absolute atomic E-state index is 0.0594. The first-order chi connectivity index (χ1) is 13.7. The number of carbonyl (C=O) groups excluding carboxylic acids is 2. The Morgan fingerprint density at radius 2 is 1.90 bits per heavy atom. The predicted octanol–water partition coefficient (Wildman–Crippen LogP) is 2.45. The van der Waals surface area contributed by atoms with Gasteiger partial charge in [-0.15, -0.1) is 0 Å². The fourth-order valence-electron chi connectivity index (χ4n) is 2.98. The SMILES string of the molecule is O=C(CNc1ccccc1C(=O)Nc1ccc(F)cc1Cl)NC1CCS(=O)(=O)C1. The summed E-state index contributed by atoms with van der Waals surface area (Å²) >= 11 is 5.94. The number of hydrogen-bond acceptors (Lipinski definition) is 5. The Morgan fingerprint density at radius 3 is 2.59 bits per heavy atom. The Balaban J connectivity index is 1.62. The van der Waals surface area contributed by atoms with Crippen LogP contribution in [0.1, 0.15) is 16.8 Å². The van der Waals surface area contributed by atoms with Crippen LogP contribution in [-0.4, -0.2) is 44.3 Å². The molecule has 1 aliphatic rings. The van der Waals surface area contributed by atoms with E-state index >= 15 is 0 Å². The van der Waals surface area contributed by atoms with Crippen LogP contribution in [0.4, 0.5) is 15.8 Å². The van der Waals surface area contributed by atoms with E-state index in [-0.39, 0.29) is 40.2 Å². The molecule has 0 aromatic heterocycles. The molecule has 3 N–H and O–H groups in total. The normalized spacial score (nSPS) is 17.5. The molecule has 154 valence electrons.